The number of hydrogen-bond donors (Lipinski definition) is 1. The standard InChI is InChI=1S/C12H20N2O3/c1-2-13(8-9-5-6-9)12(17)14-7-3-4-10(14)11(15)16/h9-10H,2-8H2,1H3,(H,15,16)/t10-/m1/s1. The first kappa shape index (κ1) is 12.2. The fraction of sp³-hybridized carbons (Fsp3) is 0.833. The number of carbonyl (C=O) groups excluding carboxylic acids is 1. The Morgan fingerprint density at radius 3 is 2.59 bits per heavy atom. The van der Waals surface area contributed by atoms with Crippen molar-refractivity contribution in [1.29, 1.82) is 0 Å². The number of hydrogen-bond acceptors (Lipinski definition) is 2. The van der Waals surface area contributed by atoms with Gasteiger partial charge in [0.15, 0.2) is 0 Å². The Labute approximate surface area is 101 Å². The molecule has 2 fully saturated rings. The van der Waals surface area contributed by atoms with Gasteiger partial charge in [-0.05, 0) is 38.5 Å². The van der Waals surface area contributed by atoms with Crippen LogP contribution in [0.5, 0.6) is 0 Å². The molecule has 1 N–H and O–H groups in total. The molecule has 0 unspecified atom stereocenters. The highest BCUT2D eigenvalue weighted by molar-refractivity contribution is 5.83. The normalized spacial score (nSPS) is 23.8. The monoisotopic (exact) mass is 240 g/mol. The van der Waals surface area contributed by atoms with Gasteiger partial charge in [-0.1, -0.05) is 0 Å². The van der Waals surface area contributed by atoms with Gasteiger partial charge in [0, 0.05) is 19.6 Å². The van der Waals surface area contributed by atoms with Crippen LogP contribution in [0.15, 0.2) is 0 Å². The van der Waals surface area contributed by atoms with E-state index in [9.17, 15) is 9.59 Å². The molecule has 2 amide bonds. The lowest BCUT2D eigenvalue weighted by atomic mass is 10.2. The molecule has 0 bridgehead atoms. The van der Waals surface area contributed by atoms with Crippen LogP contribution >= 0.6 is 0 Å². The second kappa shape index (κ2) is 4.94. The lowest BCUT2D eigenvalue weighted by molar-refractivity contribution is -0.141. The molecule has 17 heavy (non-hydrogen) atoms. The van der Waals surface area contributed by atoms with E-state index in [2.05, 4.69) is 0 Å². The van der Waals surface area contributed by atoms with Crippen molar-refractivity contribution in [3.05, 3.63) is 0 Å². The van der Waals surface area contributed by atoms with Crippen molar-refractivity contribution in [2.75, 3.05) is 19.6 Å². The Morgan fingerprint density at radius 1 is 1.35 bits per heavy atom. The molecule has 1 saturated carbocycles. The second-order valence-electron chi connectivity index (χ2n) is 4.95. The first-order valence-electron chi connectivity index (χ1n) is 6.41. The van der Waals surface area contributed by atoms with Gasteiger partial charge in [0.1, 0.15) is 6.04 Å². The molecular formula is C12H20N2O3. The summed E-state index contributed by atoms with van der Waals surface area (Å²) >= 11 is 0. The minimum Gasteiger partial charge on any atom is -0.480 e. The van der Waals surface area contributed by atoms with Crippen LogP contribution in [0.3, 0.4) is 0 Å². The lowest BCUT2D eigenvalue weighted by Crippen LogP contribution is -2.48. The number of nitrogens with zero attached hydrogens (tertiary/aromatic N) is 2. The SMILES string of the molecule is CCN(CC1CC1)C(=O)N1CCC[C@@H]1C(=O)O. The maximum Gasteiger partial charge on any atom is 0.326 e. The topological polar surface area (TPSA) is 60.9 Å². The molecule has 0 aromatic rings. The summed E-state index contributed by atoms with van der Waals surface area (Å²) in [6.07, 6.45) is 3.78. The summed E-state index contributed by atoms with van der Waals surface area (Å²) in [6, 6.07) is -0.708. The number of urea groups is 1. The largest absolute Gasteiger partial charge is 0.480 e. The van der Waals surface area contributed by atoms with Gasteiger partial charge in [-0.2, -0.15) is 0 Å². The molecular weight excluding hydrogens is 220 g/mol. The van der Waals surface area contributed by atoms with Crippen LogP contribution in [0.1, 0.15) is 32.6 Å². The first-order chi connectivity index (χ1) is 8.13. The quantitative estimate of drug-likeness (QED) is 0.807. The molecule has 2 rings (SSSR count). The third-order valence-electron chi connectivity index (χ3n) is 3.61. The van der Waals surface area contributed by atoms with Crippen LogP contribution in [0.2, 0.25) is 0 Å². The molecule has 5 heteroatoms. The van der Waals surface area contributed by atoms with Gasteiger partial charge in [-0.3, -0.25) is 0 Å². The summed E-state index contributed by atoms with van der Waals surface area (Å²) in [5.74, 6) is -0.233. The summed E-state index contributed by atoms with van der Waals surface area (Å²) in [7, 11) is 0. The van der Waals surface area contributed by atoms with Crippen LogP contribution < -0.4 is 0 Å². The van der Waals surface area contributed by atoms with Crippen LogP contribution in [0.25, 0.3) is 0 Å². The Balaban J connectivity index is 1.98. The number of carboxylic acid groups (broad SMARTS) is 1. The van der Waals surface area contributed by atoms with Crippen molar-refractivity contribution in [3.8, 4) is 0 Å². The maximum absolute atomic E-state index is 12.2. The van der Waals surface area contributed by atoms with Crippen LogP contribution in [0.4, 0.5) is 4.79 Å². The van der Waals surface area contributed by atoms with Crippen molar-refractivity contribution in [2.24, 2.45) is 5.92 Å². The van der Waals surface area contributed by atoms with E-state index in [-0.39, 0.29) is 6.03 Å². The summed E-state index contributed by atoms with van der Waals surface area (Å²) in [6.45, 7) is 3.99. The van der Waals surface area contributed by atoms with Crippen molar-refractivity contribution < 1.29 is 14.7 Å². The Bertz CT molecular complexity index is 315. The molecule has 0 aromatic heterocycles. The van der Waals surface area contributed by atoms with Gasteiger partial charge in [0.2, 0.25) is 0 Å². The molecule has 1 aliphatic heterocycles. The molecule has 1 aliphatic carbocycles. The molecule has 0 radical (unpaired) electrons. The number of carboxylic acids is 1. The Hall–Kier alpha value is -1.26. The number of rotatable bonds is 4. The fourth-order valence-corrected chi connectivity index (χ4v) is 2.39. The van der Waals surface area contributed by atoms with E-state index in [4.69, 9.17) is 5.11 Å². The fourth-order valence-electron chi connectivity index (χ4n) is 2.39. The summed E-state index contributed by atoms with van der Waals surface area (Å²) in [4.78, 5) is 26.6. The van der Waals surface area contributed by atoms with Gasteiger partial charge in [0.25, 0.3) is 0 Å². The predicted octanol–water partition coefficient (Wildman–Crippen LogP) is 1.39. The molecule has 1 saturated heterocycles. The Morgan fingerprint density at radius 2 is 2.06 bits per heavy atom. The van der Waals surface area contributed by atoms with Gasteiger partial charge in [-0.25, -0.2) is 9.59 Å². The van der Waals surface area contributed by atoms with Crippen LogP contribution in [0, 0.1) is 5.92 Å². The molecule has 0 spiro atoms. The number of likely N-dealkylation sites (tertiary alicyclic amines) is 1. The third-order valence-corrected chi connectivity index (χ3v) is 3.61. The zero-order valence-electron chi connectivity index (χ0n) is 10.3. The van der Waals surface area contributed by atoms with Crippen LogP contribution in [-0.4, -0.2) is 52.6 Å². The average Bonchev–Trinajstić information content (AvgIpc) is 2.97. The number of amides is 2. The maximum atomic E-state index is 12.2. The molecule has 1 atom stereocenters. The summed E-state index contributed by atoms with van der Waals surface area (Å²) in [5.41, 5.74) is 0. The molecule has 1 heterocycles. The lowest BCUT2D eigenvalue weighted by Gasteiger charge is -2.29. The highest BCUT2D eigenvalue weighted by Crippen LogP contribution is 2.30. The summed E-state index contributed by atoms with van der Waals surface area (Å²) in [5, 5.41) is 9.07. The first-order valence-corrected chi connectivity index (χ1v) is 6.41. The van der Waals surface area contributed by atoms with Crippen LogP contribution in [-0.2, 0) is 4.79 Å². The summed E-state index contributed by atoms with van der Waals surface area (Å²) < 4.78 is 0. The second-order valence-corrected chi connectivity index (χ2v) is 4.95. The Kier molecular flexibility index (Phi) is 3.54. The number of aliphatic carboxylic acids is 1. The van der Waals surface area contributed by atoms with E-state index < -0.39 is 12.0 Å². The average molecular weight is 240 g/mol. The van der Waals surface area contributed by atoms with Gasteiger partial charge < -0.3 is 14.9 Å². The van der Waals surface area contributed by atoms with E-state index in [0.29, 0.717) is 25.4 Å². The third kappa shape index (κ3) is 2.70. The van der Waals surface area contributed by atoms with E-state index >= 15 is 0 Å². The highest BCUT2D eigenvalue weighted by Gasteiger charge is 2.37. The van der Waals surface area contributed by atoms with E-state index in [1.54, 1.807) is 4.90 Å². The molecule has 96 valence electrons. The van der Waals surface area contributed by atoms with Crippen molar-refractivity contribution >= 4 is 12.0 Å². The van der Waals surface area contributed by atoms with Gasteiger partial charge >= 0.3 is 12.0 Å². The minimum absolute atomic E-state index is 0.0932. The van der Waals surface area contributed by atoms with Crippen molar-refractivity contribution in [2.45, 2.75) is 38.6 Å². The molecule has 0 aromatic carbocycles. The smallest absolute Gasteiger partial charge is 0.326 e. The van der Waals surface area contributed by atoms with Crippen molar-refractivity contribution in [3.63, 3.8) is 0 Å². The zero-order valence-corrected chi connectivity index (χ0v) is 10.3. The van der Waals surface area contributed by atoms with E-state index in [1.165, 1.54) is 17.7 Å². The van der Waals surface area contributed by atoms with Crippen molar-refractivity contribution in [1.82, 2.24) is 9.80 Å². The number of carbonyl (C=O) groups is 2. The van der Waals surface area contributed by atoms with Gasteiger partial charge in [0.05, 0.1) is 0 Å². The van der Waals surface area contributed by atoms with Gasteiger partial charge in [-0.15, -0.1) is 0 Å². The predicted molar refractivity (Wildman–Crippen MR) is 62.7 cm³/mol. The highest BCUT2D eigenvalue weighted by atomic mass is 16.4. The molecule has 5 nitrogen and oxygen atoms in total. The minimum atomic E-state index is -0.877. The molecule has 2 aliphatic rings. The van der Waals surface area contributed by atoms with E-state index in [1.807, 2.05) is 6.92 Å². The van der Waals surface area contributed by atoms with E-state index in [0.717, 1.165) is 13.0 Å². The zero-order chi connectivity index (χ0) is 12.4.